The molecule has 38 heavy (non-hydrogen) atoms. The van der Waals surface area contributed by atoms with Crippen LogP contribution in [0.2, 0.25) is 0 Å². The quantitative estimate of drug-likeness (QED) is 0.216. The van der Waals surface area contributed by atoms with Crippen LogP contribution in [0.25, 0.3) is 0 Å². The zero-order chi connectivity index (χ0) is 27.7. The predicted octanol–water partition coefficient (Wildman–Crippen LogP) is 6.21. The molecule has 0 aliphatic rings. The van der Waals surface area contributed by atoms with Gasteiger partial charge >= 0.3 is 0 Å². The number of aromatic nitrogens is 1. The van der Waals surface area contributed by atoms with E-state index in [1.54, 1.807) is 68.8 Å². The molecule has 3 rings (SSSR count). The molecule has 0 saturated heterocycles. The van der Waals surface area contributed by atoms with Crippen LogP contribution in [0.3, 0.4) is 0 Å². The summed E-state index contributed by atoms with van der Waals surface area (Å²) in [7, 11) is 1.55. The number of hydrogen-bond donors (Lipinski definition) is 2. The lowest BCUT2D eigenvalue weighted by atomic mass is 9.87. The maximum absolute atomic E-state index is 12.6. The molecule has 1 amide bonds. The minimum absolute atomic E-state index is 0.0286. The molecule has 1 heterocycles. The van der Waals surface area contributed by atoms with Crippen LogP contribution in [0.4, 0.5) is 5.82 Å². The van der Waals surface area contributed by atoms with Gasteiger partial charge in [-0.1, -0.05) is 26.8 Å². The van der Waals surface area contributed by atoms with Gasteiger partial charge in [-0.2, -0.15) is 0 Å². The fourth-order valence-corrected chi connectivity index (χ4v) is 3.76. The number of rotatable bonds is 12. The third-order valence-corrected chi connectivity index (χ3v) is 5.76. The zero-order valence-electron chi connectivity index (χ0n) is 22.7. The van der Waals surface area contributed by atoms with Crippen molar-refractivity contribution < 1.29 is 28.9 Å². The number of ether oxygens (including phenoxy) is 3. The SMILES string of the molecule is COc1ccc(C(=O)Nc2ccccn2)cc1OCCCCOc1ccc(C(=O)CC(C)(C)C)c(O)c1C. The summed E-state index contributed by atoms with van der Waals surface area (Å²) in [5.41, 5.74) is 1.13. The van der Waals surface area contributed by atoms with E-state index in [0.29, 0.717) is 72.2 Å². The molecule has 0 radical (unpaired) electrons. The van der Waals surface area contributed by atoms with E-state index in [4.69, 9.17) is 14.2 Å². The number of unbranched alkanes of at least 4 members (excludes halogenated alkanes) is 1. The van der Waals surface area contributed by atoms with Crippen molar-refractivity contribution in [3.8, 4) is 23.0 Å². The highest BCUT2D eigenvalue weighted by molar-refractivity contribution is 6.04. The van der Waals surface area contributed by atoms with Gasteiger partial charge in [0.2, 0.25) is 0 Å². The molecule has 8 heteroatoms. The number of Topliss-reactive ketones (excluding diaryl/α,β-unsaturated/α-hetero) is 1. The Bertz CT molecular complexity index is 1250. The molecule has 0 atom stereocenters. The van der Waals surface area contributed by atoms with Crippen LogP contribution < -0.4 is 19.5 Å². The standard InChI is InChI=1S/C30H36N2O6/c1-20-24(14-12-22(28(20)34)23(33)19-30(2,3)4)37-16-8-9-17-38-26-18-21(11-13-25(26)36-5)29(35)32-27-10-6-7-15-31-27/h6-7,10-15,18,34H,8-9,16-17,19H2,1-5H3,(H,31,32,35). The van der Waals surface area contributed by atoms with E-state index in [2.05, 4.69) is 10.3 Å². The number of benzene rings is 2. The minimum atomic E-state index is -0.297. The van der Waals surface area contributed by atoms with Crippen LogP contribution in [0.1, 0.15) is 66.3 Å². The number of phenolic OH excluding ortho intramolecular Hbond substituents is 1. The fourth-order valence-electron chi connectivity index (χ4n) is 3.76. The third kappa shape index (κ3) is 7.96. The molecule has 0 aliphatic heterocycles. The third-order valence-electron chi connectivity index (χ3n) is 5.76. The van der Waals surface area contributed by atoms with Crippen molar-refractivity contribution in [1.29, 1.82) is 0 Å². The molecule has 3 aromatic rings. The topological polar surface area (TPSA) is 107 Å². The molecule has 0 saturated carbocycles. The minimum Gasteiger partial charge on any atom is -0.507 e. The molecule has 0 spiro atoms. The number of phenols is 1. The molecule has 0 unspecified atom stereocenters. The summed E-state index contributed by atoms with van der Waals surface area (Å²) < 4.78 is 17.1. The first-order valence-electron chi connectivity index (χ1n) is 12.6. The normalized spacial score (nSPS) is 11.1. The van der Waals surface area contributed by atoms with Crippen molar-refractivity contribution in [1.82, 2.24) is 4.98 Å². The molecule has 0 bridgehead atoms. The number of nitrogens with one attached hydrogen (secondary N) is 1. The van der Waals surface area contributed by atoms with Gasteiger partial charge in [-0.3, -0.25) is 9.59 Å². The predicted molar refractivity (Wildman–Crippen MR) is 147 cm³/mol. The first-order chi connectivity index (χ1) is 18.1. The van der Waals surface area contributed by atoms with E-state index in [0.717, 1.165) is 0 Å². The lowest BCUT2D eigenvalue weighted by Gasteiger charge is -2.18. The summed E-state index contributed by atoms with van der Waals surface area (Å²) in [5.74, 6) is 1.60. The van der Waals surface area contributed by atoms with Crippen LogP contribution in [-0.4, -0.2) is 42.1 Å². The Morgan fingerprint density at radius 3 is 2.26 bits per heavy atom. The number of carbonyl (C=O) groups is 2. The van der Waals surface area contributed by atoms with Gasteiger partial charge in [0.25, 0.3) is 5.91 Å². The first-order valence-corrected chi connectivity index (χ1v) is 12.6. The Morgan fingerprint density at radius 1 is 0.947 bits per heavy atom. The van der Waals surface area contributed by atoms with Crippen LogP contribution in [0.15, 0.2) is 54.7 Å². The summed E-state index contributed by atoms with van der Waals surface area (Å²) in [6.07, 6.45) is 3.35. The van der Waals surface area contributed by atoms with Gasteiger partial charge in [0.05, 0.1) is 25.9 Å². The second-order valence-electron chi connectivity index (χ2n) is 10.2. The first kappa shape index (κ1) is 28.5. The van der Waals surface area contributed by atoms with Crippen LogP contribution in [0.5, 0.6) is 23.0 Å². The van der Waals surface area contributed by atoms with E-state index in [9.17, 15) is 14.7 Å². The van der Waals surface area contributed by atoms with Crippen LogP contribution in [0, 0.1) is 12.3 Å². The summed E-state index contributed by atoms with van der Waals surface area (Å²) in [4.78, 5) is 29.2. The highest BCUT2D eigenvalue weighted by atomic mass is 16.5. The molecule has 8 nitrogen and oxygen atoms in total. The summed E-state index contributed by atoms with van der Waals surface area (Å²) in [6.45, 7) is 8.53. The van der Waals surface area contributed by atoms with Crippen molar-refractivity contribution in [2.75, 3.05) is 25.6 Å². The van der Waals surface area contributed by atoms with Crippen molar-refractivity contribution in [3.63, 3.8) is 0 Å². The molecule has 0 aliphatic carbocycles. The molecule has 2 aromatic carbocycles. The Labute approximate surface area is 224 Å². The van der Waals surface area contributed by atoms with Gasteiger partial charge in [-0.25, -0.2) is 4.98 Å². The number of methoxy groups -OCH3 is 1. The summed E-state index contributed by atoms with van der Waals surface area (Å²) in [6, 6.07) is 13.6. The van der Waals surface area contributed by atoms with E-state index >= 15 is 0 Å². The number of pyridine rings is 1. The van der Waals surface area contributed by atoms with Gasteiger partial charge in [-0.05, 0) is 67.6 Å². The Hall–Kier alpha value is -4.07. The highest BCUT2D eigenvalue weighted by Gasteiger charge is 2.21. The molecule has 1 aromatic heterocycles. The summed E-state index contributed by atoms with van der Waals surface area (Å²) >= 11 is 0. The largest absolute Gasteiger partial charge is 0.507 e. The lowest BCUT2D eigenvalue weighted by Crippen LogP contribution is -2.13. The second-order valence-corrected chi connectivity index (χ2v) is 10.2. The lowest BCUT2D eigenvalue weighted by molar-refractivity contribution is 0.0936. The van der Waals surface area contributed by atoms with Gasteiger partial charge in [0.15, 0.2) is 17.3 Å². The fraction of sp³-hybridized carbons (Fsp3) is 0.367. The van der Waals surface area contributed by atoms with Gasteiger partial charge in [0.1, 0.15) is 17.3 Å². The van der Waals surface area contributed by atoms with Gasteiger partial charge < -0.3 is 24.6 Å². The van der Waals surface area contributed by atoms with Crippen molar-refractivity contribution >= 4 is 17.5 Å². The average molecular weight is 521 g/mol. The van der Waals surface area contributed by atoms with E-state index < -0.39 is 0 Å². The van der Waals surface area contributed by atoms with Crippen LogP contribution in [-0.2, 0) is 0 Å². The monoisotopic (exact) mass is 520 g/mol. The number of ketones is 1. The molecular weight excluding hydrogens is 484 g/mol. The van der Waals surface area contributed by atoms with Gasteiger partial charge in [-0.15, -0.1) is 0 Å². The molecule has 2 N–H and O–H groups in total. The zero-order valence-corrected chi connectivity index (χ0v) is 22.7. The van der Waals surface area contributed by atoms with E-state index in [1.807, 2.05) is 20.8 Å². The van der Waals surface area contributed by atoms with E-state index in [-0.39, 0.29) is 22.9 Å². The summed E-state index contributed by atoms with van der Waals surface area (Å²) in [5, 5.41) is 13.3. The number of nitrogens with zero attached hydrogens (tertiary/aromatic N) is 1. The average Bonchev–Trinajstić information content (AvgIpc) is 2.87. The molecule has 0 fully saturated rings. The maximum Gasteiger partial charge on any atom is 0.256 e. The van der Waals surface area contributed by atoms with Crippen molar-refractivity contribution in [2.45, 2.75) is 47.0 Å². The van der Waals surface area contributed by atoms with Gasteiger partial charge in [0, 0.05) is 23.7 Å². The maximum atomic E-state index is 12.6. The van der Waals surface area contributed by atoms with E-state index in [1.165, 1.54) is 0 Å². The molecule has 202 valence electrons. The Morgan fingerprint density at radius 2 is 1.63 bits per heavy atom. The number of aromatic hydroxyl groups is 1. The second kappa shape index (κ2) is 12.9. The van der Waals surface area contributed by atoms with Crippen molar-refractivity contribution in [3.05, 3.63) is 71.4 Å². The Kier molecular flexibility index (Phi) is 9.71. The van der Waals surface area contributed by atoms with Crippen LogP contribution >= 0.6 is 0 Å². The highest BCUT2D eigenvalue weighted by Crippen LogP contribution is 2.33. The molecular formula is C30H36N2O6. The number of anilines is 1. The van der Waals surface area contributed by atoms with Crippen molar-refractivity contribution in [2.24, 2.45) is 5.41 Å². The smallest absolute Gasteiger partial charge is 0.256 e. The number of amides is 1. The Balaban J connectivity index is 1.50. The number of hydrogen-bond acceptors (Lipinski definition) is 7. The number of carbonyl (C=O) groups excluding carboxylic acids is 2.